The first-order valence-corrected chi connectivity index (χ1v) is 8.67. The van der Waals surface area contributed by atoms with Crippen LogP contribution < -0.4 is 10.5 Å². The van der Waals surface area contributed by atoms with Crippen LogP contribution in [0.15, 0.2) is 47.4 Å². The topological polar surface area (TPSA) is 116 Å². The average molecular weight is 384 g/mol. The van der Waals surface area contributed by atoms with Crippen molar-refractivity contribution in [3.05, 3.63) is 59.7 Å². The van der Waals surface area contributed by atoms with E-state index in [0.717, 1.165) is 6.07 Å². The van der Waals surface area contributed by atoms with Crippen LogP contribution in [0.2, 0.25) is 0 Å². The quantitative estimate of drug-likeness (QED) is 0.737. The molecule has 0 aliphatic carbocycles. The number of anilines is 1. The zero-order chi connectivity index (χ0) is 19.5. The standard InChI is InChI=1S/C16H14F2N2O5S/c1-9(15(19)21)25-16(22)11-4-2-3-5-13(11)20-26(23,24)14-8-10(17)6-7-12(14)18/h2-9,20H,1H3,(H2,19,21). The van der Waals surface area contributed by atoms with Gasteiger partial charge in [-0.25, -0.2) is 22.0 Å². The van der Waals surface area contributed by atoms with Crippen molar-refractivity contribution in [1.29, 1.82) is 0 Å². The molecule has 3 N–H and O–H groups in total. The Labute approximate surface area is 147 Å². The van der Waals surface area contributed by atoms with E-state index >= 15 is 0 Å². The number of halogens is 2. The number of esters is 1. The molecule has 1 atom stereocenters. The second kappa shape index (κ2) is 7.48. The van der Waals surface area contributed by atoms with E-state index in [9.17, 15) is 26.8 Å². The van der Waals surface area contributed by atoms with Crippen molar-refractivity contribution in [3.63, 3.8) is 0 Å². The lowest BCUT2D eigenvalue weighted by Crippen LogP contribution is -2.30. The lowest BCUT2D eigenvalue weighted by Gasteiger charge is -2.14. The predicted octanol–water partition coefficient (Wildman–Crippen LogP) is 1.80. The molecule has 1 amide bonds. The molecule has 138 valence electrons. The van der Waals surface area contributed by atoms with Gasteiger partial charge in [-0.2, -0.15) is 0 Å². The molecule has 1 unspecified atom stereocenters. The number of nitrogens with one attached hydrogen (secondary N) is 1. The summed E-state index contributed by atoms with van der Waals surface area (Å²) in [5, 5.41) is 0. The van der Waals surface area contributed by atoms with E-state index in [0.29, 0.717) is 12.1 Å². The Morgan fingerprint density at radius 3 is 2.46 bits per heavy atom. The molecule has 0 saturated carbocycles. The molecule has 2 aromatic rings. The van der Waals surface area contributed by atoms with Gasteiger partial charge in [0.15, 0.2) is 6.10 Å². The van der Waals surface area contributed by atoms with Crippen LogP contribution in [-0.4, -0.2) is 26.4 Å². The largest absolute Gasteiger partial charge is 0.449 e. The molecule has 26 heavy (non-hydrogen) atoms. The van der Waals surface area contributed by atoms with E-state index in [2.05, 4.69) is 0 Å². The monoisotopic (exact) mass is 384 g/mol. The average Bonchev–Trinajstić information content (AvgIpc) is 2.56. The van der Waals surface area contributed by atoms with Gasteiger partial charge in [0.05, 0.1) is 11.3 Å². The van der Waals surface area contributed by atoms with Crippen LogP contribution in [0.1, 0.15) is 17.3 Å². The Morgan fingerprint density at radius 2 is 1.81 bits per heavy atom. The Hall–Kier alpha value is -3.01. The van der Waals surface area contributed by atoms with Gasteiger partial charge >= 0.3 is 5.97 Å². The maximum Gasteiger partial charge on any atom is 0.341 e. The number of benzene rings is 2. The molecule has 0 heterocycles. The molecule has 2 rings (SSSR count). The lowest BCUT2D eigenvalue weighted by molar-refractivity contribution is -0.125. The Kier molecular flexibility index (Phi) is 5.56. The second-order valence-electron chi connectivity index (χ2n) is 5.18. The summed E-state index contributed by atoms with van der Waals surface area (Å²) >= 11 is 0. The minimum Gasteiger partial charge on any atom is -0.449 e. The molecule has 0 fully saturated rings. The van der Waals surface area contributed by atoms with Gasteiger partial charge in [-0.05, 0) is 37.3 Å². The van der Waals surface area contributed by atoms with Crippen LogP contribution in [0.3, 0.4) is 0 Å². The number of carbonyl (C=O) groups excluding carboxylic acids is 2. The van der Waals surface area contributed by atoms with Crippen molar-refractivity contribution in [3.8, 4) is 0 Å². The van der Waals surface area contributed by atoms with Crippen molar-refractivity contribution < 1.29 is 31.5 Å². The van der Waals surface area contributed by atoms with Crippen molar-refractivity contribution in [1.82, 2.24) is 0 Å². The molecule has 7 nitrogen and oxygen atoms in total. The van der Waals surface area contributed by atoms with E-state index in [-0.39, 0.29) is 11.3 Å². The molecule has 0 spiro atoms. The fourth-order valence-corrected chi connectivity index (χ4v) is 3.09. The summed E-state index contributed by atoms with van der Waals surface area (Å²) in [6.45, 7) is 1.25. The number of para-hydroxylation sites is 1. The van der Waals surface area contributed by atoms with Crippen LogP contribution in [-0.2, 0) is 19.6 Å². The molecule has 0 saturated heterocycles. The fraction of sp³-hybridized carbons (Fsp3) is 0.125. The number of hydrogen-bond donors (Lipinski definition) is 2. The number of nitrogens with two attached hydrogens (primary N) is 1. The van der Waals surface area contributed by atoms with Gasteiger partial charge in [0, 0.05) is 0 Å². The highest BCUT2D eigenvalue weighted by atomic mass is 32.2. The van der Waals surface area contributed by atoms with E-state index in [1.165, 1.54) is 31.2 Å². The highest BCUT2D eigenvalue weighted by Gasteiger charge is 2.24. The lowest BCUT2D eigenvalue weighted by atomic mass is 10.2. The molecule has 0 aromatic heterocycles. The van der Waals surface area contributed by atoms with Crippen LogP contribution in [0.5, 0.6) is 0 Å². The number of hydrogen-bond acceptors (Lipinski definition) is 5. The van der Waals surface area contributed by atoms with Gasteiger partial charge in [0.1, 0.15) is 16.5 Å². The molecular weight excluding hydrogens is 370 g/mol. The van der Waals surface area contributed by atoms with Gasteiger partial charge in [-0.1, -0.05) is 12.1 Å². The fourth-order valence-electron chi connectivity index (χ4n) is 1.92. The third kappa shape index (κ3) is 4.33. The second-order valence-corrected chi connectivity index (χ2v) is 6.83. The smallest absolute Gasteiger partial charge is 0.341 e. The van der Waals surface area contributed by atoms with Crippen molar-refractivity contribution in [2.45, 2.75) is 17.9 Å². The number of rotatable bonds is 6. The summed E-state index contributed by atoms with van der Waals surface area (Å²) in [5.41, 5.74) is 4.53. The van der Waals surface area contributed by atoms with Crippen LogP contribution in [0.25, 0.3) is 0 Å². The molecule has 0 aliphatic heterocycles. The Bertz CT molecular complexity index is 963. The van der Waals surface area contributed by atoms with Gasteiger partial charge in [-0.3, -0.25) is 9.52 Å². The van der Waals surface area contributed by atoms with E-state index in [1.54, 1.807) is 0 Å². The Morgan fingerprint density at radius 1 is 1.15 bits per heavy atom. The highest BCUT2D eigenvalue weighted by Crippen LogP contribution is 2.23. The minimum absolute atomic E-state index is 0.235. The van der Waals surface area contributed by atoms with Crippen LogP contribution in [0, 0.1) is 11.6 Å². The van der Waals surface area contributed by atoms with E-state index in [1.807, 2.05) is 4.72 Å². The van der Waals surface area contributed by atoms with Crippen LogP contribution in [0.4, 0.5) is 14.5 Å². The van der Waals surface area contributed by atoms with Gasteiger partial charge in [-0.15, -0.1) is 0 Å². The SMILES string of the molecule is CC(OC(=O)c1ccccc1NS(=O)(=O)c1cc(F)ccc1F)C(N)=O. The number of ether oxygens (including phenoxy) is 1. The molecule has 0 aliphatic rings. The number of primary amides is 1. The summed E-state index contributed by atoms with van der Waals surface area (Å²) in [6, 6.07) is 7.23. The number of carbonyl (C=O) groups is 2. The molecule has 0 radical (unpaired) electrons. The first kappa shape index (κ1) is 19.3. The first-order chi connectivity index (χ1) is 12.1. The summed E-state index contributed by atoms with van der Waals surface area (Å²) < 4.78 is 58.5. The molecule has 0 bridgehead atoms. The molecule has 2 aromatic carbocycles. The van der Waals surface area contributed by atoms with Gasteiger partial charge in [0.25, 0.3) is 15.9 Å². The van der Waals surface area contributed by atoms with Gasteiger partial charge in [0.2, 0.25) is 0 Å². The first-order valence-electron chi connectivity index (χ1n) is 7.19. The third-order valence-corrected chi connectivity index (χ3v) is 4.64. The summed E-state index contributed by atoms with van der Waals surface area (Å²) in [4.78, 5) is 22.2. The number of sulfonamides is 1. The maximum atomic E-state index is 13.8. The summed E-state index contributed by atoms with van der Waals surface area (Å²) in [7, 11) is -4.53. The molecule has 10 heteroatoms. The number of amides is 1. The van der Waals surface area contributed by atoms with Gasteiger partial charge < -0.3 is 10.5 Å². The zero-order valence-corrected chi connectivity index (χ0v) is 14.2. The normalized spacial score (nSPS) is 12.3. The minimum atomic E-state index is -4.53. The Balaban J connectivity index is 2.37. The highest BCUT2D eigenvalue weighted by molar-refractivity contribution is 7.92. The van der Waals surface area contributed by atoms with E-state index < -0.39 is 44.5 Å². The zero-order valence-electron chi connectivity index (χ0n) is 13.4. The van der Waals surface area contributed by atoms with E-state index in [4.69, 9.17) is 10.5 Å². The maximum absolute atomic E-state index is 13.8. The molecular formula is C16H14F2N2O5S. The van der Waals surface area contributed by atoms with Crippen LogP contribution >= 0.6 is 0 Å². The van der Waals surface area contributed by atoms with Crippen molar-refractivity contribution in [2.24, 2.45) is 5.73 Å². The third-order valence-electron chi connectivity index (χ3n) is 3.26. The predicted molar refractivity (Wildman–Crippen MR) is 87.7 cm³/mol. The summed E-state index contributed by atoms with van der Waals surface area (Å²) in [5.74, 6) is -4.02. The van der Waals surface area contributed by atoms with Crippen molar-refractivity contribution >= 4 is 27.6 Å². The summed E-state index contributed by atoms with van der Waals surface area (Å²) in [6.07, 6.45) is -1.24. The van der Waals surface area contributed by atoms with Crippen molar-refractivity contribution in [2.75, 3.05) is 4.72 Å².